The number of hydrogen-bond acceptors (Lipinski definition) is 4. The summed E-state index contributed by atoms with van der Waals surface area (Å²) in [5.74, 6) is 0.927. The van der Waals surface area contributed by atoms with Crippen LogP contribution >= 0.6 is 12.2 Å². The maximum atomic E-state index is 5.92. The molecule has 2 aliphatic heterocycles. The highest BCUT2D eigenvalue weighted by molar-refractivity contribution is 7.80. The predicted molar refractivity (Wildman–Crippen MR) is 113 cm³/mol. The molecule has 0 aromatic carbocycles. The van der Waals surface area contributed by atoms with Crippen LogP contribution in [0.15, 0.2) is 65.5 Å². The Morgan fingerprint density at radius 3 is 2.90 bits per heavy atom. The van der Waals surface area contributed by atoms with Gasteiger partial charge in [0.2, 0.25) is 0 Å². The van der Waals surface area contributed by atoms with Gasteiger partial charge in [0.15, 0.2) is 5.11 Å². The lowest BCUT2D eigenvalue weighted by molar-refractivity contribution is 0.0834. The molecule has 3 aromatic rings. The number of aromatic nitrogens is 2. The average Bonchev–Trinajstić information content (AvgIpc) is 3.53. The van der Waals surface area contributed by atoms with Crippen LogP contribution in [0.5, 0.6) is 0 Å². The fourth-order valence-electron chi connectivity index (χ4n) is 4.34. The second-order valence-electron chi connectivity index (χ2n) is 7.55. The summed E-state index contributed by atoms with van der Waals surface area (Å²) in [5.41, 5.74) is 2.17. The van der Waals surface area contributed by atoms with Gasteiger partial charge in [-0.1, -0.05) is 6.07 Å². The van der Waals surface area contributed by atoms with Gasteiger partial charge in [0, 0.05) is 31.2 Å². The van der Waals surface area contributed by atoms with E-state index in [9.17, 15) is 0 Å². The molecule has 29 heavy (non-hydrogen) atoms. The van der Waals surface area contributed by atoms with Gasteiger partial charge in [-0.05, 0) is 61.5 Å². The lowest BCUT2D eigenvalue weighted by Gasteiger charge is -2.30. The minimum absolute atomic E-state index is 0.0182. The first-order valence-corrected chi connectivity index (χ1v) is 10.5. The molecule has 1 N–H and O–H groups in total. The fourth-order valence-corrected chi connectivity index (χ4v) is 4.66. The van der Waals surface area contributed by atoms with Gasteiger partial charge in [-0.25, -0.2) is 0 Å². The standard InChI is InChI=1S/C22H24N4O2S/c29-22-24-20(18-8-1-2-10-23-18)21(26(22)15-17-7-5-13-28-17)19-9-3-11-25(19)14-16-6-4-12-27-16/h1-4,6,8-12,17,20-21H,5,7,13-15H2,(H,24,29)/t17-,20-,21-/m0/s1. The Morgan fingerprint density at radius 1 is 1.17 bits per heavy atom. The van der Waals surface area contributed by atoms with E-state index in [-0.39, 0.29) is 18.2 Å². The Bertz CT molecular complexity index is 950. The largest absolute Gasteiger partial charge is 0.467 e. The monoisotopic (exact) mass is 408 g/mol. The van der Waals surface area contributed by atoms with Crippen molar-refractivity contribution in [1.82, 2.24) is 19.8 Å². The third kappa shape index (κ3) is 3.68. The number of furan rings is 1. The molecule has 3 atom stereocenters. The van der Waals surface area contributed by atoms with E-state index in [0.717, 1.165) is 42.6 Å². The average molecular weight is 409 g/mol. The highest BCUT2D eigenvalue weighted by atomic mass is 32.1. The molecule has 0 bridgehead atoms. The Morgan fingerprint density at radius 2 is 2.14 bits per heavy atom. The maximum absolute atomic E-state index is 5.92. The lowest BCUT2D eigenvalue weighted by Crippen LogP contribution is -2.36. The Kier molecular flexibility index (Phi) is 5.08. The summed E-state index contributed by atoms with van der Waals surface area (Å²) in [6.45, 7) is 2.30. The van der Waals surface area contributed by atoms with E-state index in [1.54, 1.807) is 6.26 Å². The lowest BCUT2D eigenvalue weighted by atomic mass is 10.0. The summed E-state index contributed by atoms with van der Waals surface area (Å²) in [6.07, 6.45) is 8.05. The van der Waals surface area contributed by atoms with Gasteiger partial charge in [0.1, 0.15) is 5.76 Å². The zero-order valence-electron chi connectivity index (χ0n) is 16.1. The van der Waals surface area contributed by atoms with Gasteiger partial charge in [0.25, 0.3) is 0 Å². The number of thiocarbonyl (C=S) groups is 1. The van der Waals surface area contributed by atoms with Crippen molar-refractivity contribution < 1.29 is 9.15 Å². The SMILES string of the molecule is S=C1N[C@@H](c2ccccn2)[C@H](c2cccn2Cc2ccco2)N1C[C@@H]1CCCO1. The number of nitrogens with zero attached hydrogens (tertiary/aromatic N) is 3. The zero-order valence-corrected chi connectivity index (χ0v) is 16.9. The third-order valence-corrected chi connectivity index (χ3v) is 6.05. The van der Waals surface area contributed by atoms with Crippen LogP contribution in [0, 0.1) is 0 Å². The van der Waals surface area contributed by atoms with E-state index in [1.807, 2.05) is 30.5 Å². The summed E-state index contributed by atoms with van der Waals surface area (Å²) < 4.78 is 13.7. The van der Waals surface area contributed by atoms with E-state index >= 15 is 0 Å². The van der Waals surface area contributed by atoms with Crippen molar-refractivity contribution in [3.05, 3.63) is 78.3 Å². The van der Waals surface area contributed by atoms with E-state index in [2.05, 4.69) is 44.2 Å². The molecular formula is C22H24N4O2S. The Hall–Kier alpha value is -2.64. The molecule has 0 amide bonds. The molecule has 0 radical (unpaired) electrons. The van der Waals surface area contributed by atoms with Crippen molar-refractivity contribution in [1.29, 1.82) is 0 Å². The van der Waals surface area contributed by atoms with Crippen molar-refractivity contribution in [2.75, 3.05) is 13.2 Å². The normalized spacial score (nSPS) is 24.2. The van der Waals surface area contributed by atoms with Gasteiger partial charge in [-0.2, -0.15) is 0 Å². The molecule has 5 rings (SSSR count). The highest BCUT2D eigenvalue weighted by Gasteiger charge is 2.42. The topological polar surface area (TPSA) is 55.5 Å². The molecule has 0 aliphatic carbocycles. The number of hydrogen-bond donors (Lipinski definition) is 1. The van der Waals surface area contributed by atoms with E-state index in [4.69, 9.17) is 21.4 Å². The summed E-state index contributed by atoms with van der Waals surface area (Å²) in [7, 11) is 0. The summed E-state index contributed by atoms with van der Waals surface area (Å²) in [5, 5.41) is 4.28. The molecule has 2 aliphatic rings. The van der Waals surface area contributed by atoms with Crippen LogP contribution in [0.25, 0.3) is 0 Å². The van der Waals surface area contributed by atoms with Crippen LogP contribution in [0.4, 0.5) is 0 Å². The second kappa shape index (κ2) is 8.00. The Labute approximate surface area is 175 Å². The summed E-state index contributed by atoms with van der Waals surface area (Å²) >= 11 is 5.77. The third-order valence-electron chi connectivity index (χ3n) is 5.70. The predicted octanol–water partition coefficient (Wildman–Crippen LogP) is 3.68. The van der Waals surface area contributed by atoms with Crippen molar-refractivity contribution in [3.8, 4) is 0 Å². The van der Waals surface area contributed by atoms with Crippen molar-refractivity contribution in [2.24, 2.45) is 0 Å². The summed E-state index contributed by atoms with van der Waals surface area (Å²) in [6, 6.07) is 14.2. The number of ether oxygens (including phenoxy) is 1. The van der Waals surface area contributed by atoms with Gasteiger partial charge < -0.3 is 23.9 Å². The van der Waals surface area contributed by atoms with Crippen LogP contribution < -0.4 is 5.32 Å². The molecular weight excluding hydrogens is 384 g/mol. The van der Waals surface area contributed by atoms with Crippen LogP contribution in [0.2, 0.25) is 0 Å². The Balaban J connectivity index is 1.51. The van der Waals surface area contributed by atoms with Gasteiger partial charge in [-0.15, -0.1) is 0 Å². The maximum Gasteiger partial charge on any atom is 0.170 e. The van der Waals surface area contributed by atoms with Crippen LogP contribution in [-0.4, -0.2) is 38.8 Å². The molecule has 2 fully saturated rings. The van der Waals surface area contributed by atoms with E-state index in [1.165, 1.54) is 5.69 Å². The molecule has 3 aromatic heterocycles. The molecule has 0 spiro atoms. The first-order chi connectivity index (χ1) is 14.3. The number of nitrogens with one attached hydrogen (secondary N) is 1. The first-order valence-electron chi connectivity index (χ1n) is 10.1. The van der Waals surface area contributed by atoms with Crippen molar-refractivity contribution in [3.63, 3.8) is 0 Å². The zero-order chi connectivity index (χ0) is 19.6. The van der Waals surface area contributed by atoms with Crippen LogP contribution in [0.1, 0.15) is 42.1 Å². The smallest absolute Gasteiger partial charge is 0.170 e. The van der Waals surface area contributed by atoms with E-state index < -0.39 is 0 Å². The van der Waals surface area contributed by atoms with Crippen molar-refractivity contribution >= 4 is 17.3 Å². The summed E-state index contributed by atoms with van der Waals surface area (Å²) in [4.78, 5) is 6.90. The highest BCUT2D eigenvalue weighted by Crippen LogP contribution is 2.39. The number of pyridine rings is 1. The fraction of sp³-hybridized carbons (Fsp3) is 0.364. The molecule has 6 nitrogen and oxygen atoms in total. The molecule has 0 unspecified atom stereocenters. The molecule has 0 saturated carbocycles. The van der Waals surface area contributed by atoms with Crippen LogP contribution in [0.3, 0.4) is 0 Å². The molecule has 5 heterocycles. The van der Waals surface area contributed by atoms with Crippen LogP contribution in [-0.2, 0) is 11.3 Å². The quantitative estimate of drug-likeness (QED) is 0.628. The van der Waals surface area contributed by atoms with Crippen molar-refractivity contribution in [2.45, 2.75) is 37.6 Å². The van der Waals surface area contributed by atoms with Gasteiger partial charge in [0.05, 0.1) is 36.7 Å². The minimum Gasteiger partial charge on any atom is -0.467 e. The van der Waals surface area contributed by atoms with Gasteiger partial charge in [-0.3, -0.25) is 4.98 Å². The minimum atomic E-state index is -0.0182. The molecule has 7 heteroatoms. The molecule has 2 saturated heterocycles. The van der Waals surface area contributed by atoms with Gasteiger partial charge >= 0.3 is 0 Å². The molecule has 150 valence electrons. The second-order valence-corrected chi connectivity index (χ2v) is 7.94. The van der Waals surface area contributed by atoms with E-state index in [0.29, 0.717) is 6.54 Å². The number of rotatable bonds is 6. The first kappa shape index (κ1) is 18.4.